The fourth-order valence-corrected chi connectivity index (χ4v) is 3.91. The summed E-state index contributed by atoms with van der Waals surface area (Å²) in [5.41, 5.74) is 3.23. The molecule has 142 valence electrons. The molecule has 0 unspecified atom stereocenters. The predicted molar refractivity (Wildman–Crippen MR) is 121 cm³/mol. The van der Waals surface area contributed by atoms with E-state index in [1.54, 1.807) is 11.8 Å². The molecule has 0 aliphatic carbocycles. The molecule has 0 atom stereocenters. The molecule has 0 heterocycles. The molecule has 2 aromatic rings. The third-order valence-corrected chi connectivity index (χ3v) is 6.36. The van der Waals surface area contributed by atoms with Gasteiger partial charge in [0.05, 0.1) is 0 Å². The summed E-state index contributed by atoms with van der Waals surface area (Å²) in [6, 6.07) is 8.74. The summed E-state index contributed by atoms with van der Waals surface area (Å²) in [6.45, 7) is 13.1. The summed E-state index contributed by atoms with van der Waals surface area (Å²) in [4.78, 5) is 1.94. The molecule has 1 N–H and O–H groups in total. The molecule has 0 spiro atoms. The summed E-state index contributed by atoms with van der Waals surface area (Å²) in [7, 11) is 3.91. The van der Waals surface area contributed by atoms with Crippen molar-refractivity contribution in [2.45, 2.75) is 58.1 Å². The molecule has 0 aliphatic heterocycles. The van der Waals surface area contributed by atoms with E-state index in [0.717, 1.165) is 20.8 Å². The monoisotopic (exact) mass is 389 g/mol. The van der Waals surface area contributed by atoms with Crippen molar-refractivity contribution in [2.75, 3.05) is 14.1 Å². The highest BCUT2D eigenvalue weighted by molar-refractivity contribution is 8.22. The summed E-state index contributed by atoms with van der Waals surface area (Å²) in [5, 5.41) is 13.3. The van der Waals surface area contributed by atoms with Crippen LogP contribution in [0.3, 0.4) is 0 Å². The van der Waals surface area contributed by atoms with Crippen LogP contribution in [0.25, 0.3) is 10.8 Å². The van der Waals surface area contributed by atoms with Gasteiger partial charge in [0.1, 0.15) is 10.1 Å². The Hall–Kier alpha value is -1.26. The van der Waals surface area contributed by atoms with Gasteiger partial charge in [-0.15, -0.1) is 0 Å². The molecule has 0 saturated carbocycles. The van der Waals surface area contributed by atoms with Gasteiger partial charge < -0.3 is 10.0 Å². The normalized spacial score (nSPS) is 12.5. The van der Waals surface area contributed by atoms with E-state index in [0.29, 0.717) is 11.5 Å². The number of aromatic hydroxyl groups is 1. The Bertz CT molecular complexity index is 827. The first-order valence-electron chi connectivity index (χ1n) is 8.96. The van der Waals surface area contributed by atoms with Crippen LogP contribution in [-0.4, -0.2) is 28.4 Å². The average Bonchev–Trinajstić information content (AvgIpc) is 2.50. The van der Waals surface area contributed by atoms with E-state index in [1.807, 2.05) is 19.0 Å². The van der Waals surface area contributed by atoms with Gasteiger partial charge in [0.2, 0.25) is 0 Å². The van der Waals surface area contributed by atoms with Gasteiger partial charge in [0.15, 0.2) is 0 Å². The number of fused-ring (bicyclic) bond motifs is 1. The zero-order valence-corrected chi connectivity index (χ0v) is 18.9. The Morgan fingerprint density at radius 1 is 1.04 bits per heavy atom. The van der Waals surface area contributed by atoms with Gasteiger partial charge in [-0.2, -0.15) is 0 Å². The van der Waals surface area contributed by atoms with E-state index in [-0.39, 0.29) is 10.8 Å². The fraction of sp³-hybridized carbons (Fsp3) is 0.500. The van der Waals surface area contributed by atoms with E-state index in [1.165, 1.54) is 10.9 Å². The summed E-state index contributed by atoms with van der Waals surface area (Å²) in [5.74, 6) is 1.07. The number of phenols is 1. The summed E-state index contributed by atoms with van der Waals surface area (Å²) in [6.07, 6.45) is 0. The Labute approximate surface area is 168 Å². The molecule has 2 aromatic carbocycles. The number of hydrogen-bond acceptors (Lipinski definition) is 3. The highest BCUT2D eigenvalue weighted by atomic mass is 32.2. The lowest BCUT2D eigenvalue weighted by Crippen LogP contribution is -2.16. The van der Waals surface area contributed by atoms with Crippen molar-refractivity contribution in [3.8, 4) is 5.75 Å². The van der Waals surface area contributed by atoms with E-state index in [4.69, 9.17) is 12.2 Å². The maximum absolute atomic E-state index is 11.0. The number of thiocarbonyl (C=S) groups is 1. The van der Waals surface area contributed by atoms with Gasteiger partial charge in [0, 0.05) is 31.0 Å². The Morgan fingerprint density at radius 3 is 2.15 bits per heavy atom. The quantitative estimate of drug-likeness (QED) is 0.616. The SMILES string of the molecule is CN(C)C(=S)SCc1c(O)c(C(C)(C)C)cc2cc(C(C)(C)C)ccc12. The van der Waals surface area contributed by atoms with Gasteiger partial charge >= 0.3 is 0 Å². The van der Waals surface area contributed by atoms with E-state index >= 15 is 0 Å². The summed E-state index contributed by atoms with van der Waals surface area (Å²) < 4.78 is 0.824. The first-order valence-corrected chi connectivity index (χ1v) is 10.4. The first kappa shape index (κ1) is 21.0. The maximum atomic E-state index is 11.0. The van der Waals surface area contributed by atoms with Crippen molar-refractivity contribution >= 4 is 39.1 Å². The van der Waals surface area contributed by atoms with Crippen molar-refractivity contribution in [3.63, 3.8) is 0 Å². The maximum Gasteiger partial charge on any atom is 0.136 e. The lowest BCUT2D eigenvalue weighted by Gasteiger charge is -2.25. The average molecular weight is 390 g/mol. The first-order chi connectivity index (χ1) is 11.8. The van der Waals surface area contributed by atoms with Crippen LogP contribution in [0, 0.1) is 0 Å². The molecule has 0 fully saturated rings. The zero-order valence-electron chi connectivity index (χ0n) is 17.2. The highest BCUT2D eigenvalue weighted by Gasteiger charge is 2.23. The minimum absolute atomic E-state index is 0.0926. The molecule has 0 saturated heterocycles. The topological polar surface area (TPSA) is 23.5 Å². The molecule has 26 heavy (non-hydrogen) atoms. The van der Waals surface area contributed by atoms with Crippen LogP contribution in [0.4, 0.5) is 0 Å². The van der Waals surface area contributed by atoms with Crippen LogP contribution in [0.2, 0.25) is 0 Å². The largest absolute Gasteiger partial charge is 0.507 e. The minimum Gasteiger partial charge on any atom is -0.507 e. The number of nitrogens with zero attached hydrogens (tertiary/aromatic N) is 1. The van der Waals surface area contributed by atoms with E-state index < -0.39 is 0 Å². The molecule has 4 heteroatoms. The Balaban J connectivity index is 2.67. The van der Waals surface area contributed by atoms with Crippen LogP contribution < -0.4 is 0 Å². The standard InChI is InChI=1S/C22H31NOS2/c1-21(2,3)15-9-10-16-14(11-15)12-18(22(4,5)6)19(24)17(16)13-26-20(25)23(7)8/h9-12,24H,13H2,1-8H3. The Kier molecular flexibility index (Phi) is 5.99. The van der Waals surface area contributed by atoms with Crippen LogP contribution >= 0.6 is 24.0 Å². The lowest BCUT2D eigenvalue weighted by molar-refractivity contribution is 0.444. The zero-order chi connectivity index (χ0) is 19.9. The van der Waals surface area contributed by atoms with Crippen molar-refractivity contribution < 1.29 is 5.11 Å². The van der Waals surface area contributed by atoms with Crippen molar-refractivity contribution in [2.24, 2.45) is 0 Å². The van der Waals surface area contributed by atoms with Crippen LogP contribution in [-0.2, 0) is 16.6 Å². The number of rotatable bonds is 2. The molecule has 0 bridgehead atoms. The lowest BCUT2D eigenvalue weighted by atomic mass is 9.81. The van der Waals surface area contributed by atoms with Gasteiger partial charge in [-0.05, 0) is 33.2 Å². The third kappa shape index (κ3) is 4.52. The molecule has 0 aromatic heterocycles. The van der Waals surface area contributed by atoms with Crippen molar-refractivity contribution in [3.05, 3.63) is 41.0 Å². The molecule has 2 rings (SSSR count). The van der Waals surface area contributed by atoms with E-state index in [2.05, 4.69) is 65.8 Å². The van der Waals surface area contributed by atoms with Gasteiger partial charge in [-0.1, -0.05) is 83.7 Å². The predicted octanol–water partition coefficient (Wildman–Crippen LogP) is 6.22. The molecular weight excluding hydrogens is 358 g/mol. The number of phenolic OH excluding ortho intramolecular Hbond substituents is 1. The molecule has 2 nitrogen and oxygen atoms in total. The van der Waals surface area contributed by atoms with Gasteiger partial charge in [-0.25, -0.2) is 0 Å². The van der Waals surface area contributed by atoms with Gasteiger partial charge in [0.25, 0.3) is 0 Å². The minimum atomic E-state index is -0.127. The highest BCUT2D eigenvalue weighted by Crippen LogP contribution is 2.41. The fourth-order valence-electron chi connectivity index (χ4n) is 2.92. The smallest absolute Gasteiger partial charge is 0.136 e. The molecule has 0 amide bonds. The van der Waals surface area contributed by atoms with E-state index in [9.17, 15) is 5.11 Å². The van der Waals surface area contributed by atoms with Crippen LogP contribution in [0.5, 0.6) is 5.75 Å². The Morgan fingerprint density at radius 2 is 1.65 bits per heavy atom. The van der Waals surface area contributed by atoms with Crippen molar-refractivity contribution in [1.29, 1.82) is 0 Å². The number of thioether (sulfide) groups is 1. The second-order valence-electron chi connectivity index (χ2n) is 9.14. The van der Waals surface area contributed by atoms with Gasteiger partial charge in [-0.3, -0.25) is 0 Å². The molecular formula is C22H31NOS2. The third-order valence-electron chi connectivity index (χ3n) is 4.60. The molecule has 0 aliphatic rings. The van der Waals surface area contributed by atoms with Crippen LogP contribution in [0.1, 0.15) is 58.2 Å². The second kappa shape index (κ2) is 7.40. The summed E-state index contributed by atoms with van der Waals surface area (Å²) >= 11 is 7.02. The molecule has 0 radical (unpaired) electrons. The van der Waals surface area contributed by atoms with Crippen molar-refractivity contribution in [1.82, 2.24) is 4.90 Å². The van der Waals surface area contributed by atoms with Crippen LogP contribution in [0.15, 0.2) is 24.3 Å². The number of benzene rings is 2. The number of hydrogen-bond donors (Lipinski definition) is 1. The second-order valence-corrected chi connectivity index (χ2v) is 10.7.